The number of aryl methyl sites for hydroxylation is 1. The molecule has 1 aliphatic carbocycles. The summed E-state index contributed by atoms with van der Waals surface area (Å²) >= 11 is 0. The molecule has 2 aliphatic rings. The summed E-state index contributed by atoms with van der Waals surface area (Å²) in [5.41, 5.74) is 9.38. The molecule has 1 saturated heterocycles. The van der Waals surface area contributed by atoms with Gasteiger partial charge in [0.25, 0.3) is 5.91 Å². The molecule has 1 N–H and O–H groups in total. The molecule has 1 amide bonds. The number of likely N-dealkylation sites (tertiary alicyclic amines) is 1. The van der Waals surface area contributed by atoms with Gasteiger partial charge in [-0.05, 0) is 94.4 Å². The molecular weight excluding hydrogens is 496 g/mol. The second-order valence-electron chi connectivity index (χ2n) is 11.1. The fraction of sp³-hybridized carbons (Fsp3) is 0.364. The molecule has 0 bridgehead atoms. The molecule has 1 aromatic carbocycles. The summed E-state index contributed by atoms with van der Waals surface area (Å²) < 4.78 is 3.94. The number of rotatable bonds is 8. The summed E-state index contributed by atoms with van der Waals surface area (Å²) in [5.74, 6) is -0.179. The van der Waals surface area contributed by atoms with Crippen molar-refractivity contribution in [2.24, 2.45) is 0 Å². The van der Waals surface area contributed by atoms with Crippen LogP contribution in [-0.4, -0.2) is 49.6 Å². The van der Waals surface area contributed by atoms with Gasteiger partial charge in [0.2, 0.25) is 0 Å². The SMILES string of the molecule is CCC1=C(Cn2nc(C)c3c(NC(=O)c4cnc5cc(CCN6CCCC6)ccn45)cccc32)C=CC=C(C)C1. The minimum absolute atomic E-state index is 0.179. The van der Waals surface area contributed by atoms with Gasteiger partial charge in [-0.1, -0.05) is 42.4 Å². The number of carbonyl (C=O) groups excluding carboxylic acids is 1. The standard InChI is InChI=1S/C33H38N6O/c1-4-26-19-23(2)9-7-10-27(26)22-39-29-12-8-11-28(32(29)24(3)36-39)35-33(40)30-21-34-31-20-25(14-18-38(30)31)13-17-37-15-5-6-16-37/h7-12,14,18,20-21H,4-6,13,15-17,19,22H2,1-3H3,(H,35,40). The predicted molar refractivity (Wildman–Crippen MR) is 162 cm³/mol. The van der Waals surface area contributed by atoms with Gasteiger partial charge in [-0.2, -0.15) is 5.10 Å². The number of fused-ring (bicyclic) bond motifs is 2. The monoisotopic (exact) mass is 534 g/mol. The molecule has 7 heteroatoms. The number of imidazole rings is 1. The Morgan fingerprint density at radius 1 is 1.12 bits per heavy atom. The molecule has 0 saturated carbocycles. The second-order valence-corrected chi connectivity index (χ2v) is 11.1. The number of amides is 1. The summed E-state index contributed by atoms with van der Waals surface area (Å²) in [6, 6.07) is 10.2. The van der Waals surface area contributed by atoms with Crippen LogP contribution in [0, 0.1) is 6.92 Å². The van der Waals surface area contributed by atoms with Crippen LogP contribution in [0.2, 0.25) is 0 Å². The van der Waals surface area contributed by atoms with E-state index in [9.17, 15) is 4.79 Å². The smallest absolute Gasteiger partial charge is 0.274 e. The number of hydrogen-bond donors (Lipinski definition) is 1. The summed E-state index contributed by atoms with van der Waals surface area (Å²) in [6.45, 7) is 10.6. The molecule has 0 radical (unpaired) electrons. The van der Waals surface area contributed by atoms with Crippen molar-refractivity contribution in [2.45, 2.75) is 59.4 Å². The molecule has 3 aromatic heterocycles. The number of hydrogen-bond acceptors (Lipinski definition) is 4. The quantitative estimate of drug-likeness (QED) is 0.280. The number of nitrogens with one attached hydrogen (secondary N) is 1. The van der Waals surface area contributed by atoms with Crippen LogP contribution in [0.4, 0.5) is 5.69 Å². The van der Waals surface area contributed by atoms with Crippen molar-refractivity contribution in [2.75, 3.05) is 25.0 Å². The molecule has 0 unspecified atom stereocenters. The van der Waals surface area contributed by atoms with E-state index in [2.05, 4.69) is 70.2 Å². The van der Waals surface area contributed by atoms with Gasteiger partial charge in [-0.15, -0.1) is 0 Å². The topological polar surface area (TPSA) is 67.5 Å². The zero-order valence-electron chi connectivity index (χ0n) is 23.8. The number of nitrogens with zero attached hydrogens (tertiary/aromatic N) is 5. The molecule has 6 rings (SSSR count). The zero-order valence-corrected chi connectivity index (χ0v) is 23.8. The van der Waals surface area contributed by atoms with Crippen molar-refractivity contribution >= 4 is 28.1 Å². The molecule has 0 atom stereocenters. The van der Waals surface area contributed by atoms with E-state index in [0.29, 0.717) is 12.2 Å². The third-order valence-corrected chi connectivity index (χ3v) is 8.30. The van der Waals surface area contributed by atoms with E-state index in [-0.39, 0.29) is 5.91 Å². The molecule has 40 heavy (non-hydrogen) atoms. The summed E-state index contributed by atoms with van der Waals surface area (Å²) in [6.07, 6.45) is 15.8. The summed E-state index contributed by atoms with van der Waals surface area (Å²) in [4.78, 5) is 20.5. The van der Waals surface area contributed by atoms with Crippen molar-refractivity contribution in [3.63, 3.8) is 0 Å². The van der Waals surface area contributed by atoms with E-state index >= 15 is 0 Å². The Kier molecular flexibility index (Phi) is 7.39. The van der Waals surface area contributed by atoms with E-state index in [0.717, 1.165) is 53.7 Å². The second kappa shape index (κ2) is 11.3. The van der Waals surface area contributed by atoms with Gasteiger partial charge in [0.15, 0.2) is 0 Å². The lowest BCUT2D eigenvalue weighted by Gasteiger charge is -2.14. The first-order valence-electron chi connectivity index (χ1n) is 14.5. The molecule has 0 spiro atoms. The van der Waals surface area contributed by atoms with Crippen LogP contribution in [-0.2, 0) is 13.0 Å². The number of pyridine rings is 1. The van der Waals surface area contributed by atoms with Crippen molar-refractivity contribution in [3.05, 3.63) is 94.6 Å². The van der Waals surface area contributed by atoms with Crippen molar-refractivity contribution in [1.29, 1.82) is 0 Å². The van der Waals surface area contributed by atoms with E-state index in [4.69, 9.17) is 5.10 Å². The maximum atomic E-state index is 13.5. The maximum Gasteiger partial charge on any atom is 0.274 e. The van der Waals surface area contributed by atoms with Gasteiger partial charge in [0.05, 0.1) is 29.6 Å². The van der Waals surface area contributed by atoms with Gasteiger partial charge in [0, 0.05) is 18.1 Å². The fourth-order valence-corrected chi connectivity index (χ4v) is 6.10. The van der Waals surface area contributed by atoms with E-state index in [1.165, 1.54) is 48.2 Å². The average Bonchev–Trinajstić information content (AvgIpc) is 3.67. The first kappa shape index (κ1) is 26.3. The highest BCUT2D eigenvalue weighted by atomic mass is 16.2. The lowest BCUT2D eigenvalue weighted by Crippen LogP contribution is -2.22. The molecular formula is C33H38N6O. The number of anilines is 1. The van der Waals surface area contributed by atoms with E-state index in [1.807, 2.05) is 29.7 Å². The van der Waals surface area contributed by atoms with E-state index in [1.54, 1.807) is 6.20 Å². The minimum atomic E-state index is -0.179. The zero-order chi connectivity index (χ0) is 27.6. The van der Waals surface area contributed by atoms with Crippen LogP contribution < -0.4 is 5.32 Å². The third kappa shape index (κ3) is 5.26. The third-order valence-electron chi connectivity index (χ3n) is 8.30. The van der Waals surface area contributed by atoms with Crippen LogP contribution in [0.3, 0.4) is 0 Å². The van der Waals surface area contributed by atoms with Crippen LogP contribution in [0.5, 0.6) is 0 Å². The molecule has 206 valence electrons. The van der Waals surface area contributed by atoms with Crippen LogP contribution in [0.1, 0.15) is 61.3 Å². The highest BCUT2D eigenvalue weighted by Crippen LogP contribution is 2.30. The maximum absolute atomic E-state index is 13.5. The average molecular weight is 535 g/mol. The van der Waals surface area contributed by atoms with Crippen LogP contribution >= 0.6 is 0 Å². The van der Waals surface area contributed by atoms with Gasteiger partial charge in [-0.25, -0.2) is 4.98 Å². The Morgan fingerprint density at radius 2 is 1.98 bits per heavy atom. The summed E-state index contributed by atoms with van der Waals surface area (Å²) in [7, 11) is 0. The fourth-order valence-electron chi connectivity index (χ4n) is 6.10. The lowest BCUT2D eigenvalue weighted by atomic mass is 10.00. The Bertz CT molecular complexity index is 1660. The first-order chi connectivity index (χ1) is 19.5. The Morgan fingerprint density at radius 3 is 2.80 bits per heavy atom. The number of carbonyl (C=O) groups is 1. The van der Waals surface area contributed by atoms with Crippen molar-refractivity contribution < 1.29 is 4.79 Å². The molecule has 4 aromatic rings. The molecule has 7 nitrogen and oxygen atoms in total. The number of allylic oxidation sites excluding steroid dienone is 6. The van der Waals surface area contributed by atoms with Gasteiger partial charge >= 0.3 is 0 Å². The van der Waals surface area contributed by atoms with Gasteiger partial charge < -0.3 is 10.2 Å². The number of benzene rings is 1. The van der Waals surface area contributed by atoms with Crippen molar-refractivity contribution in [1.82, 2.24) is 24.1 Å². The molecule has 1 fully saturated rings. The van der Waals surface area contributed by atoms with Crippen LogP contribution in [0.25, 0.3) is 16.6 Å². The van der Waals surface area contributed by atoms with E-state index < -0.39 is 0 Å². The first-order valence-corrected chi connectivity index (χ1v) is 14.5. The Balaban J connectivity index is 1.23. The Labute approximate surface area is 235 Å². The van der Waals surface area contributed by atoms with Crippen molar-refractivity contribution in [3.8, 4) is 0 Å². The highest BCUT2D eigenvalue weighted by Gasteiger charge is 2.18. The Hall–Kier alpha value is -3.97. The largest absolute Gasteiger partial charge is 0.320 e. The molecule has 1 aliphatic heterocycles. The highest BCUT2D eigenvalue weighted by molar-refractivity contribution is 6.08. The predicted octanol–water partition coefficient (Wildman–Crippen LogP) is 6.50. The summed E-state index contributed by atoms with van der Waals surface area (Å²) in [5, 5.41) is 9.03. The number of aromatic nitrogens is 4. The van der Waals surface area contributed by atoms with Gasteiger partial charge in [0.1, 0.15) is 11.3 Å². The minimum Gasteiger partial charge on any atom is -0.320 e. The van der Waals surface area contributed by atoms with Gasteiger partial charge in [-0.3, -0.25) is 13.9 Å². The molecule has 4 heterocycles. The lowest BCUT2D eigenvalue weighted by molar-refractivity contribution is 0.102. The van der Waals surface area contributed by atoms with Crippen LogP contribution in [0.15, 0.2) is 77.7 Å². The normalized spacial score (nSPS) is 16.2.